The predicted octanol–water partition coefficient (Wildman–Crippen LogP) is 6.88. The number of unbranched alkanes of at least 4 members (excludes halogenated alkanes) is 2. The maximum absolute atomic E-state index is 12.3. The molecule has 0 fully saturated rings. The normalized spacial score (nSPS) is 11.5. The summed E-state index contributed by atoms with van der Waals surface area (Å²) >= 11 is 9.28. The highest BCUT2D eigenvalue weighted by molar-refractivity contribution is 9.10. The minimum Gasteiger partial charge on any atom is -0.493 e. The van der Waals surface area contributed by atoms with Crippen molar-refractivity contribution in [2.75, 3.05) is 0 Å². The SMILES string of the molecule is CCCCCn1c(O)c(N=NC(=O)c2ccc(Cl)cc2)c2cc(Br)ccc21. The van der Waals surface area contributed by atoms with Gasteiger partial charge in [-0.3, -0.25) is 4.79 Å². The van der Waals surface area contributed by atoms with Crippen molar-refractivity contribution < 1.29 is 9.90 Å². The van der Waals surface area contributed by atoms with Crippen LogP contribution >= 0.6 is 27.5 Å². The van der Waals surface area contributed by atoms with Gasteiger partial charge in [-0.05, 0) is 48.9 Å². The summed E-state index contributed by atoms with van der Waals surface area (Å²) < 4.78 is 2.68. The standard InChI is InChI=1S/C20H19BrClN3O2/c1-2-3-4-11-25-17-10-7-14(21)12-16(17)18(20(25)27)23-24-19(26)13-5-8-15(22)9-6-13/h5-10,12,27H,2-4,11H2,1H3. The van der Waals surface area contributed by atoms with E-state index in [0.717, 1.165) is 34.6 Å². The smallest absolute Gasteiger partial charge is 0.295 e. The van der Waals surface area contributed by atoms with Crippen LogP contribution in [0.15, 0.2) is 57.2 Å². The number of carbonyl (C=O) groups is 1. The zero-order valence-corrected chi connectivity index (χ0v) is 17.2. The average molecular weight is 449 g/mol. The Balaban J connectivity index is 1.97. The van der Waals surface area contributed by atoms with Gasteiger partial charge in [-0.25, -0.2) is 0 Å². The molecule has 3 rings (SSSR count). The number of azo groups is 1. The van der Waals surface area contributed by atoms with Crippen molar-refractivity contribution in [1.82, 2.24) is 4.57 Å². The lowest BCUT2D eigenvalue weighted by Crippen LogP contribution is -1.96. The van der Waals surface area contributed by atoms with Gasteiger partial charge in [0, 0.05) is 27.0 Å². The first kappa shape index (κ1) is 19.6. The number of hydrogen-bond acceptors (Lipinski definition) is 3. The number of carbonyl (C=O) groups excluding carboxylic acids is 1. The molecule has 0 aliphatic heterocycles. The van der Waals surface area contributed by atoms with Gasteiger partial charge in [-0.15, -0.1) is 10.2 Å². The molecule has 2 aromatic carbocycles. The van der Waals surface area contributed by atoms with Crippen LogP contribution in [0, 0.1) is 0 Å². The summed E-state index contributed by atoms with van der Waals surface area (Å²) in [5.74, 6) is -0.472. The summed E-state index contributed by atoms with van der Waals surface area (Å²) in [6.45, 7) is 2.81. The maximum atomic E-state index is 12.3. The molecule has 0 spiro atoms. The lowest BCUT2D eigenvalue weighted by molar-refractivity contribution is 0.0995. The van der Waals surface area contributed by atoms with Gasteiger partial charge in [0.25, 0.3) is 5.91 Å². The Labute approximate surface area is 170 Å². The minimum absolute atomic E-state index is 0.0202. The monoisotopic (exact) mass is 447 g/mol. The Hall–Kier alpha value is -2.18. The molecule has 1 aromatic heterocycles. The third-order valence-electron chi connectivity index (χ3n) is 4.29. The first-order valence-electron chi connectivity index (χ1n) is 8.73. The predicted molar refractivity (Wildman–Crippen MR) is 111 cm³/mol. The molecule has 0 saturated heterocycles. The number of aromatic nitrogens is 1. The van der Waals surface area contributed by atoms with Gasteiger partial charge in [-0.1, -0.05) is 47.3 Å². The Morgan fingerprint density at radius 1 is 1.19 bits per heavy atom. The molecule has 0 aliphatic carbocycles. The van der Waals surface area contributed by atoms with E-state index in [9.17, 15) is 9.90 Å². The molecule has 140 valence electrons. The fourth-order valence-electron chi connectivity index (χ4n) is 2.89. The summed E-state index contributed by atoms with van der Waals surface area (Å²) in [4.78, 5) is 12.3. The maximum Gasteiger partial charge on any atom is 0.295 e. The van der Waals surface area contributed by atoms with Gasteiger partial charge in [0.1, 0.15) is 0 Å². The topological polar surface area (TPSA) is 66.9 Å². The fraction of sp³-hybridized carbons (Fsp3) is 0.250. The van der Waals surface area contributed by atoms with Gasteiger partial charge >= 0.3 is 0 Å². The van der Waals surface area contributed by atoms with Crippen molar-refractivity contribution in [2.45, 2.75) is 32.7 Å². The number of fused-ring (bicyclic) bond motifs is 1. The number of halogens is 2. The molecule has 1 N–H and O–H groups in total. The molecule has 5 nitrogen and oxygen atoms in total. The van der Waals surface area contributed by atoms with Gasteiger partial charge in [0.05, 0.1) is 5.52 Å². The molecule has 0 saturated carbocycles. The van der Waals surface area contributed by atoms with Gasteiger partial charge in [-0.2, -0.15) is 0 Å². The van der Waals surface area contributed by atoms with Crippen LogP contribution < -0.4 is 0 Å². The second-order valence-corrected chi connectivity index (χ2v) is 7.56. The average Bonchev–Trinajstić information content (AvgIpc) is 2.91. The van der Waals surface area contributed by atoms with Crippen LogP contribution in [-0.4, -0.2) is 15.6 Å². The zero-order valence-electron chi connectivity index (χ0n) is 14.8. The van der Waals surface area contributed by atoms with E-state index in [-0.39, 0.29) is 5.88 Å². The van der Waals surface area contributed by atoms with E-state index >= 15 is 0 Å². The lowest BCUT2D eigenvalue weighted by atomic mass is 10.2. The van der Waals surface area contributed by atoms with E-state index in [4.69, 9.17) is 11.6 Å². The van der Waals surface area contributed by atoms with Crippen LogP contribution in [0.25, 0.3) is 10.9 Å². The molecular weight excluding hydrogens is 430 g/mol. The van der Waals surface area contributed by atoms with Gasteiger partial charge < -0.3 is 9.67 Å². The van der Waals surface area contributed by atoms with Crippen molar-refractivity contribution in [3.63, 3.8) is 0 Å². The van der Waals surface area contributed by atoms with Gasteiger partial charge in [0.15, 0.2) is 5.69 Å². The van der Waals surface area contributed by atoms with Crippen LogP contribution in [0.3, 0.4) is 0 Å². The van der Waals surface area contributed by atoms with Crippen molar-refractivity contribution >= 4 is 50.0 Å². The largest absolute Gasteiger partial charge is 0.493 e. The van der Waals surface area contributed by atoms with E-state index < -0.39 is 5.91 Å². The Bertz CT molecular complexity index is 997. The molecule has 0 bridgehead atoms. The number of benzene rings is 2. The van der Waals surface area contributed by atoms with Crippen LogP contribution in [0.1, 0.15) is 36.5 Å². The van der Waals surface area contributed by atoms with Crippen LogP contribution in [0.2, 0.25) is 5.02 Å². The summed E-state index contributed by atoms with van der Waals surface area (Å²) in [6, 6.07) is 12.1. The van der Waals surface area contributed by atoms with E-state index in [1.165, 1.54) is 0 Å². The van der Waals surface area contributed by atoms with Crippen molar-refractivity contribution in [3.8, 4) is 5.88 Å². The number of hydrogen-bond donors (Lipinski definition) is 1. The minimum atomic E-state index is -0.493. The number of aryl methyl sites for hydroxylation is 1. The van der Waals surface area contributed by atoms with E-state index in [1.54, 1.807) is 24.3 Å². The van der Waals surface area contributed by atoms with E-state index in [0.29, 0.717) is 22.8 Å². The highest BCUT2D eigenvalue weighted by atomic mass is 79.9. The molecule has 0 unspecified atom stereocenters. The first-order valence-corrected chi connectivity index (χ1v) is 9.90. The summed E-state index contributed by atoms with van der Waals surface area (Å²) in [5, 5.41) is 19.8. The number of aromatic hydroxyl groups is 1. The molecule has 0 radical (unpaired) electrons. The third-order valence-corrected chi connectivity index (χ3v) is 5.03. The van der Waals surface area contributed by atoms with Gasteiger partial charge in [0.2, 0.25) is 5.88 Å². The lowest BCUT2D eigenvalue weighted by Gasteiger charge is -2.06. The summed E-state index contributed by atoms with van der Waals surface area (Å²) in [7, 11) is 0. The second-order valence-electron chi connectivity index (χ2n) is 6.20. The molecule has 1 heterocycles. The number of rotatable bonds is 6. The van der Waals surface area contributed by atoms with Crippen LogP contribution in [0.5, 0.6) is 5.88 Å². The number of nitrogens with zero attached hydrogens (tertiary/aromatic N) is 3. The Kier molecular flexibility index (Phi) is 6.29. The Morgan fingerprint density at radius 2 is 1.93 bits per heavy atom. The Morgan fingerprint density at radius 3 is 2.63 bits per heavy atom. The zero-order chi connectivity index (χ0) is 19.4. The molecule has 0 atom stereocenters. The van der Waals surface area contributed by atoms with E-state index in [1.807, 2.05) is 22.8 Å². The molecule has 7 heteroatoms. The molecule has 3 aromatic rings. The molecule has 27 heavy (non-hydrogen) atoms. The van der Waals surface area contributed by atoms with Crippen molar-refractivity contribution in [1.29, 1.82) is 0 Å². The molecule has 0 aliphatic rings. The van der Waals surface area contributed by atoms with Crippen molar-refractivity contribution in [3.05, 3.63) is 57.5 Å². The third kappa shape index (κ3) is 4.39. The molecule has 1 amide bonds. The number of amides is 1. The quantitative estimate of drug-likeness (QED) is 0.330. The van der Waals surface area contributed by atoms with Crippen LogP contribution in [-0.2, 0) is 6.54 Å². The second kappa shape index (κ2) is 8.67. The van der Waals surface area contributed by atoms with E-state index in [2.05, 4.69) is 33.1 Å². The summed E-state index contributed by atoms with van der Waals surface area (Å²) in [6.07, 6.45) is 3.11. The summed E-state index contributed by atoms with van der Waals surface area (Å²) in [5.41, 5.74) is 1.54. The highest BCUT2D eigenvalue weighted by Gasteiger charge is 2.17. The van der Waals surface area contributed by atoms with Crippen LogP contribution in [0.4, 0.5) is 5.69 Å². The fourth-order valence-corrected chi connectivity index (χ4v) is 3.37. The highest BCUT2D eigenvalue weighted by Crippen LogP contribution is 2.40. The first-order chi connectivity index (χ1) is 13.0. The van der Waals surface area contributed by atoms with Crippen molar-refractivity contribution in [2.24, 2.45) is 10.2 Å². The molecular formula is C20H19BrClN3O2.